The highest BCUT2D eigenvalue weighted by Crippen LogP contribution is 2.31. The summed E-state index contributed by atoms with van der Waals surface area (Å²) in [5, 5.41) is 0. The first-order chi connectivity index (χ1) is 9.88. The predicted molar refractivity (Wildman–Crippen MR) is 75.2 cm³/mol. The minimum Gasteiger partial charge on any atom is -0.489 e. The van der Waals surface area contributed by atoms with Crippen molar-refractivity contribution < 1.29 is 21.9 Å². The molecule has 1 aromatic rings. The van der Waals surface area contributed by atoms with Gasteiger partial charge in [-0.15, -0.1) is 0 Å². The minimum absolute atomic E-state index is 0.137. The maximum atomic E-state index is 13.7. The van der Waals surface area contributed by atoms with Gasteiger partial charge in [0.2, 0.25) is 0 Å². The van der Waals surface area contributed by atoms with Crippen LogP contribution < -0.4 is 4.74 Å². The molecule has 118 valence electrons. The summed E-state index contributed by atoms with van der Waals surface area (Å²) in [5.74, 6) is -2.61. The molecular weight excluding hydrogens is 324 g/mol. The number of benzene rings is 1. The molecule has 21 heavy (non-hydrogen) atoms. The first kappa shape index (κ1) is 16.5. The highest BCUT2D eigenvalue weighted by molar-refractivity contribution is 8.13. The molecule has 0 N–H and O–H groups in total. The van der Waals surface area contributed by atoms with Crippen molar-refractivity contribution in [3.8, 4) is 5.75 Å². The zero-order valence-electron chi connectivity index (χ0n) is 11.3. The summed E-state index contributed by atoms with van der Waals surface area (Å²) in [7, 11) is 0.900. The van der Waals surface area contributed by atoms with Gasteiger partial charge in [0.15, 0.2) is 11.6 Å². The number of likely N-dealkylation sites (tertiary alicyclic amines) is 1. The van der Waals surface area contributed by atoms with Crippen molar-refractivity contribution in [2.24, 2.45) is 0 Å². The molecule has 1 saturated heterocycles. The monoisotopic (exact) mass is 339 g/mol. The average molecular weight is 340 g/mol. The van der Waals surface area contributed by atoms with E-state index >= 15 is 0 Å². The first-order valence-corrected chi connectivity index (χ1v) is 8.98. The van der Waals surface area contributed by atoms with Gasteiger partial charge in [0.25, 0.3) is 9.05 Å². The van der Waals surface area contributed by atoms with Crippen molar-refractivity contribution in [1.82, 2.24) is 4.90 Å². The molecule has 1 heterocycles. The quantitative estimate of drug-likeness (QED) is 0.590. The van der Waals surface area contributed by atoms with E-state index in [1.54, 1.807) is 0 Å². The van der Waals surface area contributed by atoms with Crippen LogP contribution in [0.15, 0.2) is 17.0 Å². The molecule has 0 spiro atoms. The average Bonchev–Trinajstić information content (AvgIpc) is 2.87. The molecule has 0 atom stereocenters. The zero-order chi connectivity index (χ0) is 15.5. The van der Waals surface area contributed by atoms with Crippen LogP contribution in [-0.2, 0) is 9.05 Å². The smallest absolute Gasteiger partial charge is 0.265 e. The fourth-order valence-electron chi connectivity index (χ4n) is 2.33. The van der Waals surface area contributed by atoms with E-state index in [1.165, 1.54) is 12.8 Å². The number of halogens is 3. The number of rotatable bonds is 6. The van der Waals surface area contributed by atoms with Crippen molar-refractivity contribution in [3.05, 3.63) is 23.8 Å². The Morgan fingerprint density at radius 3 is 2.52 bits per heavy atom. The lowest BCUT2D eigenvalue weighted by molar-refractivity contribution is 0.250. The van der Waals surface area contributed by atoms with Gasteiger partial charge in [0.1, 0.15) is 10.7 Å². The lowest BCUT2D eigenvalue weighted by Gasteiger charge is -2.15. The van der Waals surface area contributed by atoms with Gasteiger partial charge in [-0.05, 0) is 38.4 Å². The zero-order valence-corrected chi connectivity index (χ0v) is 12.9. The van der Waals surface area contributed by atoms with Crippen LogP contribution in [0.4, 0.5) is 8.78 Å². The third-order valence-electron chi connectivity index (χ3n) is 3.30. The molecule has 1 fully saturated rings. The maximum Gasteiger partial charge on any atom is 0.265 e. The van der Waals surface area contributed by atoms with Crippen LogP contribution in [0.1, 0.15) is 19.3 Å². The van der Waals surface area contributed by atoms with Crippen molar-refractivity contribution >= 4 is 19.7 Å². The molecule has 1 aliphatic rings. The van der Waals surface area contributed by atoms with Gasteiger partial charge < -0.3 is 9.64 Å². The van der Waals surface area contributed by atoms with E-state index in [0.29, 0.717) is 18.6 Å². The summed E-state index contributed by atoms with van der Waals surface area (Å²) in [4.78, 5) is 1.58. The Kier molecular flexibility index (Phi) is 5.40. The van der Waals surface area contributed by atoms with Crippen LogP contribution in [0.25, 0.3) is 0 Å². The van der Waals surface area contributed by atoms with E-state index in [-0.39, 0.29) is 6.61 Å². The molecule has 2 rings (SSSR count). The van der Waals surface area contributed by atoms with Gasteiger partial charge in [-0.1, -0.05) is 0 Å². The second-order valence-electron chi connectivity index (χ2n) is 4.90. The van der Waals surface area contributed by atoms with Crippen LogP contribution in [0.5, 0.6) is 5.75 Å². The summed E-state index contributed by atoms with van der Waals surface area (Å²) in [6.07, 6.45) is 2.96. The third kappa shape index (κ3) is 4.52. The predicted octanol–water partition coefficient (Wildman–Crippen LogP) is 2.76. The fourth-order valence-corrected chi connectivity index (χ4v) is 3.30. The molecule has 0 unspecified atom stereocenters. The lowest BCUT2D eigenvalue weighted by atomic mass is 10.3. The van der Waals surface area contributed by atoms with E-state index in [0.717, 1.165) is 19.6 Å². The van der Waals surface area contributed by atoms with Gasteiger partial charge in [-0.3, -0.25) is 0 Å². The topological polar surface area (TPSA) is 46.6 Å². The largest absolute Gasteiger partial charge is 0.489 e. The Morgan fingerprint density at radius 2 is 1.90 bits per heavy atom. The summed E-state index contributed by atoms with van der Waals surface area (Å²) in [6.45, 7) is 3.00. The standard InChI is InChI=1S/C13H16ClF2NO3S/c14-21(18,19)12-9-10(15)8-11(16)13(12)20-7-3-6-17-4-1-2-5-17/h8-9H,1-7H2. The summed E-state index contributed by atoms with van der Waals surface area (Å²) >= 11 is 0. The molecule has 1 aromatic carbocycles. The Labute approximate surface area is 127 Å². The van der Waals surface area contributed by atoms with Crippen molar-refractivity contribution in [1.29, 1.82) is 0 Å². The summed E-state index contributed by atoms with van der Waals surface area (Å²) < 4.78 is 54.6. The molecule has 8 heteroatoms. The highest BCUT2D eigenvalue weighted by atomic mass is 35.7. The van der Waals surface area contributed by atoms with Crippen molar-refractivity contribution in [3.63, 3.8) is 0 Å². The molecule has 0 bridgehead atoms. The Balaban J connectivity index is 2.01. The number of ether oxygens (including phenoxy) is 1. The normalized spacial score (nSPS) is 16.3. The summed E-state index contributed by atoms with van der Waals surface area (Å²) in [5.41, 5.74) is 0. The van der Waals surface area contributed by atoms with Crippen LogP contribution in [0, 0.1) is 11.6 Å². The third-order valence-corrected chi connectivity index (χ3v) is 4.63. The van der Waals surface area contributed by atoms with Crippen molar-refractivity contribution in [2.75, 3.05) is 26.2 Å². The molecule has 0 aliphatic carbocycles. The lowest BCUT2D eigenvalue weighted by Crippen LogP contribution is -2.22. The first-order valence-electron chi connectivity index (χ1n) is 6.67. The molecule has 0 amide bonds. The van der Waals surface area contributed by atoms with E-state index in [2.05, 4.69) is 4.90 Å². The second-order valence-corrected chi connectivity index (χ2v) is 7.44. The summed E-state index contributed by atoms with van der Waals surface area (Å²) in [6, 6.07) is 1.22. The molecule has 1 aliphatic heterocycles. The van der Waals surface area contributed by atoms with Gasteiger partial charge in [0, 0.05) is 23.3 Å². The van der Waals surface area contributed by atoms with Gasteiger partial charge in [-0.2, -0.15) is 0 Å². The second kappa shape index (κ2) is 6.89. The molecule has 0 saturated carbocycles. The Bertz CT molecular complexity index is 604. The molecule has 4 nitrogen and oxygen atoms in total. The molecule has 0 radical (unpaired) electrons. The van der Waals surface area contributed by atoms with Crippen LogP contribution >= 0.6 is 10.7 Å². The maximum absolute atomic E-state index is 13.7. The van der Waals surface area contributed by atoms with E-state index < -0.39 is 31.3 Å². The van der Waals surface area contributed by atoms with Gasteiger partial charge in [0.05, 0.1) is 6.61 Å². The number of hydrogen-bond acceptors (Lipinski definition) is 4. The van der Waals surface area contributed by atoms with Gasteiger partial charge >= 0.3 is 0 Å². The van der Waals surface area contributed by atoms with Gasteiger partial charge in [-0.25, -0.2) is 17.2 Å². The minimum atomic E-state index is -4.27. The van der Waals surface area contributed by atoms with Crippen molar-refractivity contribution in [2.45, 2.75) is 24.2 Å². The number of nitrogens with zero attached hydrogens (tertiary/aromatic N) is 1. The van der Waals surface area contributed by atoms with Crippen LogP contribution in [-0.4, -0.2) is 39.6 Å². The highest BCUT2D eigenvalue weighted by Gasteiger charge is 2.22. The van der Waals surface area contributed by atoms with E-state index in [4.69, 9.17) is 15.4 Å². The Morgan fingerprint density at radius 1 is 1.24 bits per heavy atom. The van der Waals surface area contributed by atoms with Crippen LogP contribution in [0.3, 0.4) is 0 Å². The fraction of sp³-hybridized carbons (Fsp3) is 0.538. The SMILES string of the molecule is O=S(=O)(Cl)c1cc(F)cc(F)c1OCCCN1CCCC1. The number of hydrogen-bond donors (Lipinski definition) is 0. The molecular formula is C13H16ClF2NO3S. The van der Waals surface area contributed by atoms with E-state index in [9.17, 15) is 17.2 Å². The Hall–Kier alpha value is -0.920. The van der Waals surface area contributed by atoms with E-state index in [1.807, 2.05) is 0 Å². The van der Waals surface area contributed by atoms with Crippen LogP contribution in [0.2, 0.25) is 0 Å². The molecule has 0 aromatic heterocycles.